The van der Waals surface area contributed by atoms with Crippen LogP contribution in [-0.4, -0.2) is 17.1 Å². The minimum Gasteiger partial charge on any atom is -0.480 e. The maximum Gasteiger partial charge on any atom is 0.234 e. The Labute approximate surface area is 84.3 Å². The highest BCUT2D eigenvalue weighted by Crippen LogP contribution is 2.27. The molecule has 2 aromatic heterocycles. The molecule has 0 bridgehead atoms. The number of hydrogen-bond acceptors (Lipinski definition) is 4. The third-order valence-electron chi connectivity index (χ3n) is 1.63. The number of rotatable bonds is 2. The van der Waals surface area contributed by atoms with Crippen LogP contribution in [0.25, 0.3) is 10.2 Å². The molecule has 2 heterocycles. The second-order valence-corrected chi connectivity index (χ2v) is 3.60. The van der Waals surface area contributed by atoms with Gasteiger partial charge in [0.2, 0.25) is 5.88 Å². The molecule has 0 fully saturated rings. The van der Waals surface area contributed by atoms with Gasteiger partial charge in [-0.15, -0.1) is 22.9 Å². The minimum absolute atomic E-state index is 0.308. The Morgan fingerprint density at radius 1 is 1.54 bits per heavy atom. The van der Waals surface area contributed by atoms with Crippen molar-refractivity contribution in [3.63, 3.8) is 0 Å². The summed E-state index contributed by atoms with van der Waals surface area (Å²) in [5, 5.41) is 1.96. The lowest BCUT2D eigenvalue weighted by Gasteiger charge is -2.01. The smallest absolute Gasteiger partial charge is 0.234 e. The first-order valence-electron chi connectivity index (χ1n) is 3.69. The summed E-state index contributed by atoms with van der Waals surface area (Å²) in [6.07, 6.45) is 0. The van der Waals surface area contributed by atoms with E-state index in [2.05, 4.69) is 9.97 Å². The van der Waals surface area contributed by atoms with Crippen molar-refractivity contribution in [2.75, 3.05) is 7.11 Å². The van der Waals surface area contributed by atoms with Gasteiger partial charge in [-0.05, 0) is 11.4 Å². The van der Waals surface area contributed by atoms with Crippen LogP contribution in [-0.2, 0) is 5.88 Å². The van der Waals surface area contributed by atoms with Crippen LogP contribution in [0.4, 0.5) is 0 Å². The van der Waals surface area contributed by atoms with E-state index in [1.165, 1.54) is 0 Å². The molecule has 0 saturated carbocycles. The molecule has 0 aliphatic heterocycles. The van der Waals surface area contributed by atoms with Crippen LogP contribution in [0.3, 0.4) is 0 Å². The average molecular weight is 215 g/mol. The molecule has 0 aromatic carbocycles. The molecular weight excluding hydrogens is 208 g/mol. The number of ether oxygens (including phenoxy) is 1. The average Bonchev–Trinajstić information content (AvgIpc) is 2.63. The summed E-state index contributed by atoms with van der Waals surface area (Å²) in [6.45, 7) is 0. The van der Waals surface area contributed by atoms with Crippen LogP contribution in [0.1, 0.15) is 5.82 Å². The Hall–Kier alpha value is -0.870. The van der Waals surface area contributed by atoms with Crippen molar-refractivity contribution in [3.8, 4) is 5.88 Å². The number of alkyl halides is 1. The van der Waals surface area contributed by atoms with Gasteiger partial charge >= 0.3 is 0 Å². The summed E-state index contributed by atoms with van der Waals surface area (Å²) in [6, 6.07) is 1.93. The van der Waals surface area contributed by atoms with E-state index in [1.807, 2.05) is 11.4 Å². The summed E-state index contributed by atoms with van der Waals surface area (Å²) in [5.74, 6) is 1.52. The molecular formula is C8H7ClN2OS. The second-order valence-electron chi connectivity index (χ2n) is 2.42. The van der Waals surface area contributed by atoms with Gasteiger partial charge in [0, 0.05) is 0 Å². The van der Waals surface area contributed by atoms with Gasteiger partial charge in [-0.2, -0.15) is 4.98 Å². The highest BCUT2D eigenvalue weighted by Gasteiger charge is 2.07. The first kappa shape index (κ1) is 8.72. The summed E-state index contributed by atoms with van der Waals surface area (Å²) in [4.78, 5) is 8.40. The Bertz CT molecular complexity index is 429. The van der Waals surface area contributed by atoms with E-state index in [1.54, 1.807) is 18.4 Å². The van der Waals surface area contributed by atoms with Crippen LogP contribution < -0.4 is 4.74 Å². The van der Waals surface area contributed by atoms with Crippen molar-refractivity contribution in [2.24, 2.45) is 0 Å². The fourth-order valence-corrected chi connectivity index (χ4v) is 2.00. The second kappa shape index (κ2) is 3.47. The molecule has 0 aliphatic carbocycles. The SMILES string of the molecule is COc1nc(CCl)nc2ccsc12. The number of nitrogens with zero attached hydrogens (tertiary/aromatic N) is 2. The molecule has 3 nitrogen and oxygen atoms in total. The standard InChI is InChI=1S/C8H7ClN2OS/c1-12-8-7-5(2-3-13-7)10-6(4-9)11-8/h2-3H,4H2,1H3. The monoisotopic (exact) mass is 214 g/mol. The first-order valence-corrected chi connectivity index (χ1v) is 5.10. The number of methoxy groups -OCH3 is 1. The Balaban J connectivity index is 2.70. The van der Waals surface area contributed by atoms with Gasteiger partial charge in [-0.3, -0.25) is 0 Å². The van der Waals surface area contributed by atoms with E-state index in [-0.39, 0.29) is 0 Å². The fourth-order valence-electron chi connectivity index (χ4n) is 1.08. The van der Waals surface area contributed by atoms with E-state index in [4.69, 9.17) is 16.3 Å². The Morgan fingerprint density at radius 3 is 3.08 bits per heavy atom. The molecule has 0 amide bonds. The lowest BCUT2D eigenvalue weighted by atomic mass is 10.4. The van der Waals surface area contributed by atoms with Crippen LogP contribution in [0.15, 0.2) is 11.4 Å². The van der Waals surface area contributed by atoms with Crippen LogP contribution in [0.2, 0.25) is 0 Å². The summed E-state index contributed by atoms with van der Waals surface area (Å²) in [7, 11) is 1.60. The first-order chi connectivity index (χ1) is 6.35. The number of aromatic nitrogens is 2. The summed E-state index contributed by atoms with van der Waals surface area (Å²) < 4.78 is 6.10. The normalized spacial score (nSPS) is 10.6. The summed E-state index contributed by atoms with van der Waals surface area (Å²) >= 11 is 7.21. The Kier molecular flexibility index (Phi) is 2.33. The van der Waals surface area contributed by atoms with Gasteiger partial charge in [0.1, 0.15) is 10.5 Å². The molecule has 0 radical (unpaired) electrons. The van der Waals surface area contributed by atoms with Crippen molar-refractivity contribution < 1.29 is 4.74 Å². The maximum absolute atomic E-state index is 5.65. The van der Waals surface area contributed by atoms with Gasteiger partial charge in [-0.25, -0.2) is 4.98 Å². The largest absolute Gasteiger partial charge is 0.480 e. The van der Waals surface area contributed by atoms with E-state index >= 15 is 0 Å². The lowest BCUT2D eigenvalue weighted by Crippen LogP contribution is -1.95. The third-order valence-corrected chi connectivity index (χ3v) is 2.76. The quantitative estimate of drug-likeness (QED) is 0.721. The molecule has 2 rings (SSSR count). The number of fused-ring (bicyclic) bond motifs is 1. The molecule has 68 valence electrons. The van der Waals surface area contributed by atoms with Gasteiger partial charge in [0.05, 0.1) is 18.5 Å². The zero-order valence-corrected chi connectivity index (χ0v) is 8.52. The van der Waals surface area contributed by atoms with Gasteiger partial charge in [0.25, 0.3) is 0 Å². The van der Waals surface area contributed by atoms with Crippen LogP contribution in [0.5, 0.6) is 5.88 Å². The number of hydrogen-bond donors (Lipinski definition) is 0. The third kappa shape index (κ3) is 1.47. The minimum atomic E-state index is 0.308. The molecule has 0 aliphatic rings. The zero-order valence-electron chi connectivity index (χ0n) is 6.95. The van der Waals surface area contributed by atoms with Crippen molar-refractivity contribution in [1.82, 2.24) is 9.97 Å². The van der Waals surface area contributed by atoms with E-state index in [0.717, 1.165) is 10.2 Å². The van der Waals surface area contributed by atoms with Gasteiger partial charge in [0.15, 0.2) is 0 Å². The van der Waals surface area contributed by atoms with Crippen LogP contribution >= 0.6 is 22.9 Å². The summed E-state index contributed by atoms with van der Waals surface area (Å²) in [5.41, 5.74) is 0.896. The van der Waals surface area contributed by atoms with Crippen molar-refractivity contribution in [3.05, 3.63) is 17.3 Å². The van der Waals surface area contributed by atoms with E-state index in [0.29, 0.717) is 17.6 Å². The Morgan fingerprint density at radius 2 is 2.38 bits per heavy atom. The predicted molar refractivity (Wildman–Crippen MR) is 53.5 cm³/mol. The highest BCUT2D eigenvalue weighted by atomic mass is 35.5. The fraction of sp³-hybridized carbons (Fsp3) is 0.250. The lowest BCUT2D eigenvalue weighted by molar-refractivity contribution is 0.402. The highest BCUT2D eigenvalue weighted by molar-refractivity contribution is 7.17. The van der Waals surface area contributed by atoms with Crippen molar-refractivity contribution in [1.29, 1.82) is 0 Å². The molecule has 0 spiro atoms. The predicted octanol–water partition coefficient (Wildman–Crippen LogP) is 2.44. The van der Waals surface area contributed by atoms with Crippen molar-refractivity contribution >= 4 is 33.2 Å². The maximum atomic E-state index is 5.65. The molecule has 0 N–H and O–H groups in total. The van der Waals surface area contributed by atoms with Crippen LogP contribution in [0, 0.1) is 0 Å². The van der Waals surface area contributed by atoms with E-state index < -0.39 is 0 Å². The van der Waals surface area contributed by atoms with Crippen molar-refractivity contribution in [2.45, 2.75) is 5.88 Å². The van der Waals surface area contributed by atoms with Gasteiger partial charge in [-0.1, -0.05) is 0 Å². The molecule has 0 atom stereocenters. The molecule has 0 unspecified atom stereocenters. The molecule has 2 aromatic rings. The molecule has 13 heavy (non-hydrogen) atoms. The number of halogens is 1. The molecule has 5 heteroatoms. The van der Waals surface area contributed by atoms with Gasteiger partial charge < -0.3 is 4.74 Å². The number of thiophene rings is 1. The molecule has 0 saturated heterocycles. The topological polar surface area (TPSA) is 35.0 Å². The van der Waals surface area contributed by atoms with E-state index in [9.17, 15) is 0 Å². The zero-order chi connectivity index (χ0) is 9.26.